The second-order valence-electron chi connectivity index (χ2n) is 5.08. The lowest BCUT2D eigenvalue weighted by Crippen LogP contribution is -2.17. The summed E-state index contributed by atoms with van der Waals surface area (Å²) in [5.41, 5.74) is -0.449. The van der Waals surface area contributed by atoms with Crippen molar-refractivity contribution >= 4 is 16.8 Å². The van der Waals surface area contributed by atoms with Gasteiger partial charge in [0.15, 0.2) is 0 Å². The summed E-state index contributed by atoms with van der Waals surface area (Å²) in [6.45, 7) is 7.99. The Balaban J connectivity index is 0. The van der Waals surface area contributed by atoms with E-state index in [1.807, 2.05) is 13.8 Å². The topological polar surface area (TPSA) is 37.3 Å². The van der Waals surface area contributed by atoms with Crippen LogP contribution in [0, 0.1) is 0 Å². The van der Waals surface area contributed by atoms with E-state index in [4.69, 9.17) is 11.6 Å². The molecule has 0 heterocycles. The Morgan fingerprint density at radius 1 is 1.06 bits per heavy atom. The molecule has 104 valence electrons. The van der Waals surface area contributed by atoms with E-state index in [0.29, 0.717) is 6.42 Å². The first kappa shape index (κ1) is 19.3. The highest BCUT2D eigenvalue weighted by Gasteiger charge is 2.10. The van der Waals surface area contributed by atoms with E-state index >= 15 is 0 Å². The molecule has 0 bridgehead atoms. The monoisotopic (exact) mass is 264 g/mol. The molecular weight excluding hydrogens is 236 g/mol. The molecule has 0 aromatic rings. The van der Waals surface area contributed by atoms with Gasteiger partial charge >= 0.3 is 0 Å². The first-order chi connectivity index (χ1) is 7.83. The van der Waals surface area contributed by atoms with Crippen molar-refractivity contribution in [1.82, 2.24) is 0 Å². The molecule has 0 atom stereocenters. The second kappa shape index (κ2) is 12.4. The van der Waals surface area contributed by atoms with Crippen LogP contribution in [0.3, 0.4) is 0 Å². The van der Waals surface area contributed by atoms with Crippen molar-refractivity contribution in [2.45, 2.75) is 84.7 Å². The average molecular weight is 265 g/mol. The fourth-order valence-corrected chi connectivity index (χ4v) is 1.46. The van der Waals surface area contributed by atoms with E-state index in [0.717, 1.165) is 32.1 Å². The van der Waals surface area contributed by atoms with E-state index in [1.54, 1.807) is 0 Å². The molecule has 0 rings (SSSR count). The largest absolute Gasteiger partial charge is 0.390 e. The van der Waals surface area contributed by atoms with Crippen LogP contribution in [0.1, 0.15) is 79.1 Å². The highest BCUT2D eigenvalue weighted by Crippen LogP contribution is 2.12. The van der Waals surface area contributed by atoms with Gasteiger partial charge in [-0.2, -0.15) is 0 Å². The van der Waals surface area contributed by atoms with E-state index in [-0.39, 0.29) is 5.24 Å². The van der Waals surface area contributed by atoms with Crippen molar-refractivity contribution in [3.8, 4) is 0 Å². The summed E-state index contributed by atoms with van der Waals surface area (Å²) in [4.78, 5) is 10.1. The van der Waals surface area contributed by atoms with Gasteiger partial charge in [0.2, 0.25) is 5.24 Å². The molecule has 0 unspecified atom stereocenters. The van der Waals surface area contributed by atoms with Gasteiger partial charge in [-0.15, -0.1) is 0 Å². The molecule has 0 spiro atoms. The number of carbonyl (C=O) groups is 1. The van der Waals surface area contributed by atoms with E-state index in [2.05, 4.69) is 13.8 Å². The molecule has 17 heavy (non-hydrogen) atoms. The van der Waals surface area contributed by atoms with Crippen molar-refractivity contribution in [3.63, 3.8) is 0 Å². The quantitative estimate of drug-likeness (QED) is 0.511. The molecule has 2 nitrogen and oxygen atoms in total. The summed E-state index contributed by atoms with van der Waals surface area (Å²) in [5, 5.41) is 9.03. The van der Waals surface area contributed by atoms with Crippen LogP contribution < -0.4 is 0 Å². The Morgan fingerprint density at radius 2 is 1.53 bits per heavy atom. The van der Waals surface area contributed by atoms with Gasteiger partial charge in [0.1, 0.15) is 0 Å². The van der Waals surface area contributed by atoms with E-state index < -0.39 is 5.60 Å². The van der Waals surface area contributed by atoms with Gasteiger partial charge in [0.25, 0.3) is 0 Å². The maximum absolute atomic E-state index is 10.1. The molecule has 3 heteroatoms. The smallest absolute Gasteiger partial charge is 0.221 e. The summed E-state index contributed by atoms with van der Waals surface area (Å²) in [6, 6.07) is 0. The molecular formula is C14H29ClO2. The molecule has 0 saturated carbocycles. The molecule has 0 saturated heterocycles. The van der Waals surface area contributed by atoms with Gasteiger partial charge in [-0.3, -0.25) is 4.79 Å². The van der Waals surface area contributed by atoms with Crippen LogP contribution in [-0.4, -0.2) is 16.0 Å². The number of hydrogen-bond donors (Lipinski definition) is 1. The minimum atomic E-state index is -0.449. The lowest BCUT2D eigenvalue weighted by Gasteiger charge is -2.15. The van der Waals surface area contributed by atoms with Gasteiger partial charge in [-0.1, -0.05) is 46.0 Å². The summed E-state index contributed by atoms with van der Waals surface area (Å²) in [6.07, 6.45) is 8.29. The number of rotatable bonds is 8. The van der Waals surface area contributed by atoms with Crippen LogP contribution in [0.25, 0.3) is 0 Å². The lowest BCUT2D eigenvalue weighted by molar-refractivity contribution is -0.111. The first-order valence-electron chi connectivity index (χ1n) is 6.74. The van der Waals surface area contributed by atoms with Gasteiger partial charge < -0.3 is 5.11 Å². The first-order valence-corrected chi connectivity index (χ1v) is 7.12. The Hall–Kier alpha value is -0.0800. The number of carbonyl (C=O) groups excluding carboxylic acids is 1. The maximum Gasteiger partial charge on any atom is 0.221 e. The standard InChI is InChI=1S/C8H18O.C6H11ClO/c1-4-5-6-7-8(2,3)9;1-2-3-4-5-6(7)8/h9H,4-7H2,1-3H3;2-5H2,1H3. The molecule has 0 aromatic carbocycles. The zero-order chi connectivity index (χ0) is 13.7. The SMILES string of the molecule is CCCCCC(=O)Cl.CCCCCC(C)(C)O. The van der Waals surface area contributed by atoms with E-state index in [9.17, 15) is 9.90 Å². The Kier molecular flexibility index (Phi) is 14.0. The second-order valence-corrected chi connectivity index (χ2v) is 5.50. The van der Waals surface area contributed by atoms with Crippen LogP contribution in [0.15, 0.2) is 0 Å². The molecule has 1 N–H and O–H groups in total. The van der Waals surface area contributed by atoms with Crippen molar-refractivity contribution < 1.29 is 9.90 Å². The molecule has 0 aliphatic carbocycles. The number of aliphatic hydroxyl groups is 1. The van der Waals surface area contributed by atoms with Crippen molar-refractivity contribution in [1.29, 1.82) is 0 Å². The van der Waals surface area contributed by atoms with Gasteiger partial charge in [-0.05, 0) is 38.3 Å². The fraction of sp³-hybridized carbons (Fsp3) is 0.929. The summed E-state index contributed by atoms with van der Waals surface area (Å²) in [7, 11) is 0. The van der Waals surface area contributed by atoms with Crippen LogP contribution in [0.5, 0.6) is 0 Å². The maximum atomic E-state index is 10.1. The highest BCUT2D eigenvalue weighted by atomic mass is 35.5. The predicted octanol–water partition coefficient (Wildman–Crippen LogP) is 4.67. The van der Waals surface area contributed by atoms with Gasteiger partial charge in [0, 0.05) is 6.42 Å². The molecule has 0 radical (unpaired) electrons. The molecule has 0 aliphatic rings. The zero-order valence-corrected chi connectivity index (χ0v) is 12.6. The molecule has 0 fully saturated rings. The number of hydrogen-bond acceptors (Lipinski definition) is 2. The average Bonchev–Trinajstić information content (AvgIpc) is 2.17. The molecule has 0 aliphatic heterocycles. The van der Waals surface area contributed by atoms with Crippen LogP contribution in [-0.2, 0) is 4.79 Å². The highest BCUT2D eigenvalue weighted by molar-refractivity contribution is 6.63. The fourth-order valence-electron chi connectivity index (χ4n) is 1.32. The summed E-state index contributed by atoms with van der Waals surface area (Å²) in [5.74, 6) is 0. The number of unbranched alkanes of at least 4 members (excludes halogenated alkanes) is 4. The van der Waals surface area contributed by atoms with Crippen molar-refractivity contribution in [3.05, 3.63) is 0 Å². The minimum Gasteiger partial charge on any atom is -0.390 e. The van der Waals surface area contributed by atoms with Crippen molar-refractivity contribution in [2.24, 2.45) is 0 Å². The van der Waals surface area contributed by atoms with Crippen LogP contribution in [0.2, 0.25) is 0 Å². The minimum absolute atomic E-state index is 0.210. The van der Waals surface area contributed by atoms with Crippen molar-refractivity contribution in [2.75, 3.05) is 0 Å². The Morgan fingerprint density at radius 3 is 1.88 bits per heavy atom. The lowest BCUT2D eigenvalue weighted by atomic mass is 10.0. The summed E-state index contributed by atoms with van der Waals surface area (Å²) >= 11 is 5.07. The zero-order valence-electron chi connectivity index (χ0n) is 11.9. The summed E-state index contributed by atoms with van der Waals surface area (Å²) < 4.78 is 0. The molecule has 0 aromatic heterocycles. The Bertz CT molecular complexity index is 174. The third-order valence-electron chi connectivity index (χ3n) is 2.37. The molecule has 0 amide bonds. The van der Waals surface area contributed by atoms with Gasteiger partial charge in [0.05, 0.1) is 5.60 Å². The van der Waals surface area contributed by atoms with E-state index in [1.165, 1.54) is 12.8 Å². The van der Waals surface area contributed by atoms with Crippen LogP contribution >= 0.6 is 11.6 Å². The van der Waals surface area contributed by atoms with Gasteiger partial charge in [-0.25, -0.2) is 0 Å². The predicted molar refractivity (Wildman–Crippen MR) is 75.4 cm³/mol. The van der Waals surface area contributed by atoms with Crippen LogP contribution in [0.4, 0.5) is 0 Å². The third-order valence-corrected chi connectivity index (χ3v) is 2.56. The third kappa shape index (κ3) is 25.9. The Labute approximate surface area is 112 Å². The number of halogens is 1. The normalized spacial score (nSPS) is 10.7.